The summed E-state index contributed by atoms with van der Waals surface area (Å²) in [4.78, 5) is 0. The molecule has 3 nitrogen and oxygen atoms in total. The van der Waals surface area contributed by atoms with Gasteiger partial charge in [-0.2, -0.15) is 0 Å². The summed E-state index contributed by atoms with van der Waals surface area (Å²) in [5.74, 6) is 1.68. The summed E-state index contributed by atoms with van der Waals surface area (Å²) < 4.78 is 6.74. The Morgan fingerprint density at radius 1 is 0.958 bits per heavy atom. The number of halogens is 1. The van der Waals surface area contributed by atoms with Crippen LogP contribution in [0.1, 0.15) is 48.2 Å². The van der Waals surface area contributed by atoms with Gasteiger partial charge >= 0.3 is 0 Å². The maximum Gasteiger partial charge on any atom is 0.240 e. The smallest absolute Gasteiger partial charge is 0.240 e. The van der Waals surface area contributed by atoms with Crippen molar-refractivity contribution >= 4 is 28.1 Å². The summed E-state index contributed by atoms with van der Waals surface area (Å²) in [6.07, 6.45) is 4.47. The lowest BCUT2D eigenvalue weighted by molar-refractivity contribution is 0.496. The Balaban J connectivity index is 1.65. The third-order valence-electron chi connectivity index (χ3n) is 3.77. The van der Waals surface area contributed by atoms with Gasteiger partial charge < -0.3 is 4.42 Å². The lowest BCUT2D eigenvalue weighted by atomic mass is 10.0. The highest BCUT2D eigenvalue weighted by Crippen LogP contribution is 2.17. The van der Waals surface area contributed by atoms with E-state index >= 15 is 0 Å². The fourth-order valence-corrected chi connectivity index (χ4v) is 2.61. The van der Waals surface area contributed by atoms with E-state index in [1.807, 2.05) is 36.4 Å². The summed E-state index contributed by atoms with van der Waals surface area (Å²) in [7, 11) is 0. The molecular formula is C20H19BrN2O. The van der Waals surface area contributed by atoms with Crippen molar-refractivity contribution in [2.45, 2.75) is 26.2 Å². The van der Waals surface area contributed by atoms with E-state index in [-0.39, 0.29) is 0 Å². The highest BCUT2D eigenvalue weighted by atomic mass is 79.9. The van der Waals surface area contributed by atoms with Crippen LogP contribution in [-0.4, -0.2) is 10.2 Å². The molecule has 4 heteroatoms. The quantitative estimate of drug-likeness (QED) is 0.566. The minimum Gasteiger partial charge on any atom is -0.421 e. The van der Waals surface area contributed by atoms with E-state index in [9.17, 15) is 0 Å². The van der Waals surface area contributed by atoms with E-state index in [1.54, 1.807) is 0 Å². The number of aromatic nitrogens is 2. The van der Waals surface area contributed by atoms with Crippen molar-refractivity contribution in [2.24, 2.45) is 0 Å². The molecule has 24 heavy (non-hydrogen) atoms. The molecule has 0 saturated heterocycles. The molecule has 0 aliphatic heterocycles. The van der Waals surface area contributed by atoms with Crippen LogP contribution in [0.3, 0.4) is 0 Å². The molecular weight excluding hydrogens is 364 g/mol. The molecule has 0 bridgehead atoms. The van der Waals surface area contributed by atoms with Gasteiger partial charge in [0.15, 0.2) is 0 Å². The Morgan fingerprint density at radius 2 is 1.67 bits per heavy atom. The highest BCUT2D eigenvalue weighted by molar-refractivity contribution is 9.10. The third kappa shape index (κ3) is 4.42. The van der Waals surface area contributed by atoms with Crippen LogP contribution in [0.2, 0.25) is 0 Å². The Bertz CT molecular complexity index is 818. The highest BCUT2D eigenvalue weighted by Gasteiger charge is 2.05. The standard InChI is InChI=1S/C20H19BrN2O/c1-14(2)17-8-3-15(4-9-17)7-12-19-22-23-20(24-19)13-16-5-10-18(21)11-6-16/h3-12,14H,13H2,1-2H3. The second kappa shape index (κ2) is 7.58. The van der Waals surface area contributed by atoms with Crippen LogP contribution in [0.5, 0.6) is 0 Å². The molecule has 0 spiro atoms. The Kier molecular flexibility index (Phi) is 5.26. The monoisotopic (exact) mass is 382 g/mol. The molecule has 0 radical (unpaired) electrons. The average Bonchev–Trinajstić information content (AvgIpc) is 3.03. The summed E-state index contributed by atoms with van der Waals surface area (Å²) in [6.45, 7) is 4.38. The first kappa shape index (κ1) is 16.7. The van der Waals surface area contributed by atoms with Gasteiger partial charge in [0.1, 0.15) is 0 Å². The van der Waals surface area contributed by atoms with E-state index < -0.39 is 0 Å². The zero-order valence-electron chi connectivity index (χ0n) is 13.7. The van der Waals surface area contributed by atoms with Crippen LogP contribution in [0, 0.1) is 0 Å². The van der Waals surface area contributed by atoms with E-state index in [2.05, 4.69) is 64.2 Å². The molecule has 0 saturated carbocycles. The third-order valence-corrected chi connectivity index (χ3v) is 4.30. The zero-order valence-corrected chi connectivity index (χ0v) is 15.3. The number of hydrogen-bond donors (Lipinski definition) is 0. The molecule has 1 aromatic heterocycles. The molecule has 2 aromatic carbocycles. The molecule has 0 amide bonds. The van der Waals surface area contributed by atoms with Crippen molar-refractivity contribution in [3.05, 3.63) is 81.5 Å². The van der Waals surface area contributed by atoms with E-state index in [1.165, 1.54) is 5.56 Å². The van der Waals surface area contributed by atoms with Crippen LogP contribution < -0.4 is 0 Å². The molecule has 3 aromatic rings. The summed E-state index contributed by atoms with van der Waals surface area (Å²) in [6, 6.07) is 16.6. The predicted octanol–water partition coefficient (Wildman–Crippen LogP) is 5.72. The van der Waals surface area contributed by atoms with Gasteiger partial charge in [0.25, 0.3) is 0 Å². The molecule has 3 rings (SSSR count). The maximum atomic E-state index is 5.68. The summed E-state index contributed by atoms with van der Waals surface area (Å²) in [5.41, 5.74) is 3.59. The number of rotatable bonds is 5. The SMILES string of the molecule is CC(C)c1ccc(C=Cc2nnc(Cc3ccc(Br)cc3)o2)cc1. The topological polar surface area (TPSA) is 38.9 Å². The molecule has 1 heterocycles. The molecule has 0 aliphatic carbocycles. The van der Waals surface area contributed by atoms with Gasteiger partial charge in [-0.05, 0) is 40.8 Å². The van der Waals surface area contributed by atoms with Crippen molar-refractivity contribution in [1.29, 1.82) is 0 Å². The lowest BCUT2D eigenvalue weighted by Gasteiger charge is -2.04. The fraction of sp³-hybridized carbons (Fsp3) is 0.200. The lowest BCUT2D eigenvalue weighted by Crippen LogP contribution is -1.87. The average molecular weight is 383 g/mol. The van der Waals surface area contributed by atoms with Crippen molar-refractivity contribution in [1.82, 2.24) is 10.2 Å². The minimum absolute atomic E-state index is 0.523. The minimum atomic E-state index is 0.523. The first-order valence-corrected chi connectivity index (χ1v) is 8.74. The van der Waals surface area contributed by atoms with Crippen LogP contribution in [0.4, 0.5) is 0 Å². The zero-order chi connectivity index (χ0) is 16.9. The van der Waals surface area contributed by atoms with Crippen molar-refractivity contribution in [2.75, 3.05) is 0 Å². The largest absolute Gasteiger partial charge is 0.421 e. The molecule has 0 fully saturated rings. The van der Waals surface area contributed by atoms with Gasteiger partial charge in [0, 0.05) is 10.5 Å². The number of hydrogen-bond acceptors (Lipinski definition) is 3. The van der Waals surface area contributed by atoms with E-state index in [4.69, 9.17) is 4.42 Å². The van der Waals surface area contributed by atoms with Crippen LogP contribution >= 0.6 is 15.9 Å². The second-order valence-electron chi connectivity index (χ2n) is 5.99. The van der Waals surface area contributed by atoms with Gasteiger partial charge in [0.2, 0.25) is 11.8 Å². The van der Waals surface area contributed by atoms with Gasteiger partial charge in [-0.25, -0.2) is 0 Å². The second-order valence-corrected chi connectivity index (χ2v) is 6.91. The molecule has 0 aliphatic rings. The van der Waals surface area contributed by atoms with Gasteiger partial charge in [-0.15, -0.1) is 10.2 Å². The van der Waals surface area contributed by atoms with E-state index in [0.717, 1.165) is 15.6 Å². The fourth-order valence-electron chi connectivity index (χ4n) is 2.34. The Labute approximate surface area is 150 Å². The van der Waals surface area contributed by atoms with Gasteiger partial charge in [0.05, 0.1) is 6.42 Å². The first-order valence-electron chi connectivity index (χ1n) is 7.95. The normalized spacial score (nSPS) is 11.5. The van der Waals surface area contributed by atoms with Crippen molar-refractivity contribution in [3.8, 4) is 0 Å². The van der Waals surface area contributed by atoms with Crippen LogP contribution in [-0.2, 0) is 6.42 Å². The predicted molar refractivity (Wildman–Crippen MR) is 101 cm³/mol. The summed E-state index contributed by atoms with van der Waals surface area (Å²) in [5, 5.41) is 8.18. The molecule has 122 valence electrons. The Morgan fingerprint density at radius 3 is 2.33 bits per heavy atom. The van der Waals surface area contributed by atoms with Crippen LogP contribution in [0.15, 0.2) is 57.4 Å². The van der Waals surface area contributed by atoms with Crippen molar-refractivity contribution in [3.63, 3.8) is 0 Å². The van der Waals surface area contributed by atoms with Crippen LogP contribution in [0.25, 0.3) is 12.2 Å². The molecule has 0 unspecified atom stereocenters. The maximum absolute atomic E-state index is 5.68. The number of nitrogens with zero attached hydrogens (tertiary/aromatic N) is 2. The van der Waals surface area contributed by atoms with Crippen molar-refractivity contribution < 1.29 is 4.42 Å². The Hall–Kier alpha value is -2.20. The molecule has 0 N–H and O–H groups in total. The first-order chi connectivity index (χ1) is 11.6. The van der Waals surface area contributed by atoms with E-state index in [0.29, 0.717) is 24.1 Å². The van der Waals surface area contributed by atoms with Gasteiger partial charge in [-0.3, -0.25) is 0 Å². The molecule has 0 atom stereocenters. The number of benzene rings is 2. The van der Waals surface area contributed by atoms with Gasteiger partial charge in [-0.1, -0.05) is 66.2 Å². The summed E-state index contributed by atoms with van der Waals surface area (Å²) >= 11 is 3.43.